The Bertz CT molecular complexity index is 363. The molecule has 0 unspecified atom stereocenters. The van der Waals surface area contributed by atoms with E-state index in [1.165, 1.54) is 18.4 Å². The average Bonchev–Trinajstić information content (AvgIpc) is 2.37. The van der Waals surface area contributed by atoms with E-state index in [1.807, 2.05) is 25.1 Å². The topological polar surface area (TPSA) is 41.1 Å². The van der Waals surface area contributed by atoms with Crippen LogP contribution < -0.4 is 10.6 Å². The molecule has 3 heteroatoms. The number of hydrogen-bond donors (Lipinski definition) is 2. The molecular weight excluding hydrogens is 224 g/mol. The predicted octanol–water partition coefficient (Wildman–Crippen LogP) is 3.76. The summed E-state index contributed by atoms with van der Waals surface area (Å²) < 4.78 is 0. The number of unbranched alkanes of at least 4 members (excludes halogenated alkanes) is 3. The predicted molar refractivity (Wildman–Crippen MR) is 76.7 cm³/mol. The molecule has 0 aliphatic carbocycles. The minimum atomic E-state index is -0.136. The molecule has 1 aromatic rings. The van der Waals surface area contributed by atoms with Crippen LogP contribution in [-0.2, 0) is 6.42 Å². The number of carbonyl (C=O) groups is 1. The van der Waals surface area contributed by atoms with Gasteiger partial charge in [-0.25, -0.2) is 4.79 Å². The minimum absolute atomic E-state index is 0.136. The van der Waals surface area contributed by atoms with Crippen LogP contribution in [0.4, 0.5) is 10.5 Å². The standard InChI is InChI=1S/C15H23N2O/c1-3-5-6-7-10-13-11-8-9-12-14(13)17-15(18)16-4-2/h8-9,11-12H,1,3-7,10H2,2H3,(H2,16,17,18). The summed E-state index contributed by atoms with van der Waals surface area (Å²) in [7, 11) is 0. The van der Waals surface area contributed by atoms with Crippen LogP contribution in [-0.4, -0.2) is 12.6 Å². The first-order valence-electron chi connectivity index (χ1n) is 6.70. The minimum Gasteiger partial charge on any atom is -0.338 e. The number of amides is 2. The van der Waals surface area contributed by atoms with Crippen molar-refractivity contribution in [2.24, 2.45) is 0 Å². The van der Waals surface area contributed by atoms with Gasteiger partial charge in [0.15, 0.2) is 0 Å². The quantitative estimate of drug-likeness (QED) is 0.708. The SMILES string of the molecule is [CH2]CCCCCc1ccccc1NC(=O)NCC. The monoisotopic (exact) mass is 247 g/mol. The van der Waals surface area contributed by atoms with Crippen LogP contribution in [0.15, 0.2) is 24.3 Å². The second-order valence-corrected chi connectivity index (χ2v) is 4.31. The molecular formula is C15H23N2O. The van der Waals surface area contributed by atoms with Gasteiger partial charge >= 0.3 is 6.03 Å². The van der Waals surface area contributed by atoms with Gasteiger partial charge in [0.05, 0.1) is 0 Å². The summed E-state index contributed by atoms with van der Waals surface area (Å²) in [5, 5.41) is 5.63. The number of nitrogens with one attached hydrogen (secondary N) is 2. The van der Waals surface area contributed by atoms with Crippen molar-refractivity contribution in [1.29, 1.82) is 0 Å². The summed E-state index contributed by atoms with van der Waals surface area (Å²) in [6.07, 6.45) is 5.51. The van der Waals surface area contributed by atoms with E-state index >= 15 is 0 Å². The second-order valence-electron chi connectivity index (χ2n) is 4.31. The van der Waals surface area contributed by atoms with E-state index in [4.69, 9.17) is 0 Å². The molecule has 2 amide bonds. The highest BCUT2D eigenvalue weighted by atomic mass is 16.2. The van der Waals surface area contributed by atoms with E-state index in [0.29, 0.717) is 6.54 Å². The van der Waals surface area contributed by atoms with Crippen molar-refractivity contribution in [3.05, 3.63) is 36.8 Å². The second kappa shape index (κ2) is 8.56. The van der Waals surface area contributed by atoms with Crippen LogP contribution in [0.3, 0.4) is 0 Å². The van der Waals surface area contributed by atoms with Gasteiger partial charge in [0, 0.05) is 12.2 Å². The number of aryl methyl sites for hydroxylation is 1. The number of hydrogen-bond acceptors (Lipinski definition) is 1. The number of para-hydroxylation sites is 1. The largest absolute Gasteiger partial charge is 0.338 e. The molecule has 0 atom stereocenters. The first kappa shape index (κ1) is 14.6. The van der Waals surface area contributed by atoms with Gasteiger partial charge in [0.25, 0.3) is 0 Å². The van der Waals surface area contributed by atoms with Gasteiger partial charge in [0.2, 0.25) is 0 Å². The fourth-order valence-corrected chi connectivity index (χ4v) is 1.86. The van der Waals surface area contributed by atoms with Crippen molar-refractivity contribution in [2.45, 2.75) is 39.0 Å². The van der Waals surface area contributed by atoms with Crippen LogP contribution in [0.1, 0.15) is 38.2 Å². The Morgan fingerprint density at radius 1 is 1.22 bits per heavy atom. The van der Waals surface area contributed by atoms with Crippen molar-refractivity contribution in [1.82, 2.24) is 5.32 Å². The molecule has 0 aliphatic rings. The summed E-state index contributed by atoms with van der Waals surface area (Å²) in [5.41, 5.74) is 2.12. The first-order valence-corrected chi connectivity index (χ1v) is 6.70. The molecule has 18 heavy (non-hydrogen) atoms. The lowest BCUT2D eigenvalue weighted by Crippen LogP contribution is -2.28. The van der Waals surface area contributed by atoms with Gasteiger partial charge in [-0.05, 0) is 31.4 Å². The Labute approximate surface area is 110 Å². The molecule has 0 bridgehead atoms. The van der Waals surface area contributed by atoms with E-state index in [9.17, 15) is 4.79 Å². The van der Waals surface area contributed by atoms with Gasteiger partial charge in [-0.1, -0.05) is 44.4 Å². The molecule has 1 rings (SSSR count). The van der Waals surface area contributed by atoms with E-state index < -0.39 is 0 Å². The molecule has 2 N–H and O–H groups in total. The van der Waals surface area contributed by atoms with E-state index in [2.05, 4.69) is 23.6 Å². The Morgan fingerprint density at radius 3 is 2.72 bits per heavy atom. The maximum absolute atomic E-state index is 11.5. The Balaban J connectivity index is 2.53. The van der Waals surface area contributed by atoms with Crippen LogP contribution in [0, 0.1) is 6.92 Å². The van der Waals surface area contributed by atoms with E-state index in [-0.39, 0.29) is 6.03 Å². The van der Waals surface area contributed by atoms with Gasteiger partial charge in [-0.15, -0.1) is 0 Å². The highest BCUT2D eigenvalue weighted by Crippen LogP contribution is 2.18. The molecule has 0 aromatic heterocycles. The lowest BCUT2D eigenvalue weighted by atomic mass is 10.0. The third-order valence-corrected chi connectivity index (χ3v) is 2.80. The van der Waals surface area contributed by atoms with E-state index in [0.717, 1.165) is 24.9 Å². The fraction of sp³-hybridized carbons (Fsp3) is 0.467. The number of urea groups is 1. The van der Waals surface area contributed by atoms with Crippen LogP contribution in [0.2, 0.25) is 0 Å². The van der Waals surface area contributed by atoms with Crippen LogP contribution in [0.25, 0.3) is 0 Å². The number of rotatable bonds is 7. The van der Waals surface area contributed by atoms with Crippen molar-refractivity contribution in [3.8, 4) is 0 Å². The van der Waals surface area contributed by atoms with Crippen LogP contribution >= 0.6 is 0 Å². The third-order valence-electron chi connectivity index (χ3n) is 2.80. The molecule has 0 saturated carbocycles. The molecule has 99 valence electrons. The Hall–Kier alpha value is -1.51. The molecule has 1 radical (unpaired) electrons. The smallest absolute Gasteiger partial charge is 0.319 e. The molecule has 0 fully saturated rings. The zero-order valence-corrected chi connectivity index (χ0v) is 11.2. The zero-order valence-electron chi connectivity index (χ0n) is 11.2. The first-order chi connectivity index (χ1) is 8.77. The van der Waals surface area contributed by atoms with Crippen molar-refractivity contribution in [3.63, 3.8) is 0 Å². The maximum atomic E-state index is 11.5. The molecule has 0 saturated heterocycles. The molecule has 0 spiro atoms. The van der Waals surface area contributed by atoms with Crippen LogP contribution in [0.5, 0.6) is 0 Å². The normalized spacial score (nSPS) is 10.1. The molecule has 3 nitrogen and oxygen atoms in total. The van der Waals surface area contributed by atoms with Gasteiger partial charge in [0.1, 0.15) is 0 Å². The van der Waals surface area contributed by atoms with Crippen molar-refractivity contribution in [2.75, 3.05) is 11.9 Å². The van der Waals surface area contributed by atoms with E-state index in [1.54, 1.807) is 0 Å². The summed E-state index contributed by atoms with van der Waals surface area (Å²) >= 11 is 0. The molecule has 0 aliphatic heterocycles. The molecule has 1 aromatic carbocycles. The highest BCUT2D eigenvalue weighted by molar-refractivity contribution is 5.90. The highest BCUT2D eigenvalue weighted by Gasteiger charge is 2.04. The summed E-state index contributed by atoms with van der Waals surface area (Å²) in [6, 6.07) is 7.85. The summed E-state index contributed by atoms with van der Waals surface area (Å²) in [6.45, 7) is 6.39. The number of anilines is 1. The van der Waals surface area contributed by atoms with Gasteiger partial charge in [-0.2, -0.15) is 0 Å². The van der Waals surface area contributed by atoms with Gasteiger partial charge < -0.3 is 10.6 Å². The average molecular weight is 247 g/mol. The maximum Gasteiger partial charge on any atom is 0.319 e. The third kappa shape index (κ3) is 5.21. The zero-order chi connectivity index (χ0) is 13.2. The number of benzene rings is 1. The lowest BCUT2D eigenvalue weighted by Gasteiger charge is -2.11. The fourth-order valence-electron chi connectivity index (χ4n) is 1.86. The van der Waals surface area contributed by atoms with Gasteiger partial charge in [-0.3, -0.25) is 0 Å². The Kier molecular flexibility index (Phi) is 6.92. The Morgan fingerprint density at radius 2 is 2.00 bits per heavy atom. The number of carbonyl (C=O) groups excluding carboxylic acids is 1. The molecule has 0 heterocycles. The van der Waals surface area contributed by atoms with Crippen molar-refractivity contribution >= 4 is 11.7 Å². The van der Waals surface area contributed by atoms with Crippen molar-refractivity contribution < 1.29 is 4.79 Å². The summed E-state index contributed by atoms with van der Waals surface area (Å²) in [5.74, 6) is 0. The lowest BCUT2D eigenvalue weighted by molar-refractivity contribution is 0.252. The summed E-state index contributed by atoms with van der Waals surface area (Å²) in [4.78, 5) is 11.5.